The Morgan fingerprint density at radius 2 is 1.77 bits per heavy atom. The summed E-state index contributed by atoms with van der Waals surface area (Å²) in [7, 11) is 0. The molecule has 4 rings (SSSR count). The van der Waals surface area contributed by atoms with Crippen molar-refractivity contribution in [1.82, 2.24) is 14.7 Å². The molecule has 2 aliphatic heterocycles. The summed E-state index contributed by atoms with van der Waals surface area (Å²) in [6.45, 7) is 21.4. The molecule has 240 valence electrons. The fourth-order valence-corrected chi connectivity index (χ4v) is 7.07. The molecule has 2 heterocycles. The molecular formula is C35H47ClF2N4O2. The highest BCUT2D eigenvalue weighted by Crippen LogP contribution is 2.46. The van der Waals surface area contributed by atoms with Gasteiger partial charge in [-0.15, -0.1) is 0 Å². The van der Waals surface area contributed by atoms with Gasteiger partial charge in [0.1, 0.15) is 11.7 Å². The molecule has 3 aliphatic rings. The van der Waals surface area contributed by atoms with Gasteiger partial charge >= 0.3 is 0 Å². The average Bonchev–Trinajstić information content (AvgIpc) is 2.92. The number of aryl methyl sites for hydroxylation is 1. The van der Waals surface area contributed by atoms with Crippen molar-refractivity contribution in [2.45, 2.75) is 72.9 Å². The summed E-state index contributed by atoms with van der Waals surface area (Å²) < 4.78 is 29.2. The van der Waals surface area contributed by atoms with E-state index < -0.39 is 23.0 Å². The molecule has 9 heteroatoms. The smallest absolute Gasteiger partial charge is 0.226 e. The quantitative estimate of drug-likeness (QED) is 0.343. The predicted octanol–water partition coefficient (Wildman–Crippen LogP) is 7.30. The van der Waals surface area contributed by atoms with Crippen molar-refractivity contribution in [3.05, 3.63) is 70.8 Å². The first kappa shape index (κ1) is 33.9. The minimum atomic E-state index is -0.792. The van der Waals surface area contributed by atoms with Crippen LogP contribution >= 0.6 is 11.6 Å². The number of benzene rings is 1. The van der Waals surface area contributed by atoms with Gasteiger partial charge in [0, 0.05) is 91.1 Å². The van der Waals surface area contributed by atoms with E-state index in [9.17, 15) is 14.0 Å². The number of anilines is 1. The van der Waals surface area contributed by atoms with Crippen molar-refractivity contribution in [2.75, 3.05) is 44.2 Å². The number of piperazine rings is 1. The zero-order valence-corrected chi connectivity index (χ0v) is 28.0. The van der Waals surface area contributed by atoms with Gasteiger partial charge in [0.25, 0.3) is 0 Å². The first-order valence-corrected chi connectivity index (χ1v) is 15.9. The molecule has 0 aromatic heterocycles. The number of hydrogen-bond acceptors (Lipinski definition) is 4. The summed E-state index contributed by atoms with van der Waals surface area (Å²) in [5.41, 5.74) is 2.27. The van der Waals surface area contributed by atoms with Gasteiger partial charge in [0.2, 0.25) is 11.8 Å². The van der Waals surface area contributed by atoms with E-state index in [-0.39, 0.29) is 29.8 Å². The zero-order valence-electron chi connectivity index (χ0n) is 27.2. The van der Waals surface area contributed by atoms with Crippen LogP contribution in [0.2, 0.25) is 5.02 Å². The number of likely N-dealkylation sites (tertiary alicyclic amines) is 1. The second-order valence-electron chi connectivity index (χ2n) is 13.7. The fraction of sp³-hybridized carbons (Fsp3) is 0.543. The van der Waals surface area contributed by atoms with Crippen molar-refractivity contribution in [3.63, 3.8) is 0 Å². The Kier molecular flexibility index (Phi) is 10.2. The Morgan fingerprint density at radius 1 is 1.11 bits per heavy atom. The lowest BCUT2D eigenvalue weighted by atomic mass is 9.66. The maximum Gasteiger partial charge on any atom is 0.226 e. The van der Waals surface area contributed by atoms with Crippen LogP contribution in [0.1, 0.15) is 65.5 Å². The van der Waals surface area contributed by atoms with Crippen molar-refractivity contribution in [2.24, 2.45) is 11.3 Å². The molecule has 1 spiro atoms. The molecule has 0 saturated carbocycles. The number of rotatable bonds is 5. The summed E-state index contributed by atoms with van der Waals surface area (Å²) in [5, 5.41) is 0.623. The maximum atomic E-state index is 15.1. The number of carbonyl (C=O) groups is 2. The third kappa shape index (κ3) is 7.12. The topological polar surface area (TPSA) is 47.1 Å². The molecule has 0 bridgehead atoms. The molecule has 0 radical (unpaired) electrons. The van der Waals surface area contributed by atoms with Crippen LogP contribution in [-0.2, 0) is 9.59 Å². The summed E-state index contributed by atoms with van der Waals surface area (Å²) >= 11 is 6.59. The summed E-state index contributed by atoms with van der Waals surface area (Å²) in [4.78, 5) is 34.8. The van der Waals surface area contributed by atoms with E-state index in [1.165, 1.54) is 13.0 Å². The minimum absolute atomic E-state index is 0.00909. The molecule has 6 nitrogen and oxygen atoms in total. The molecule has 2 fully saturated rings. The van der Waals surface area contributed by atoms with Crippen molar-refractivity contribution >= 4 is 34.8 Å². The second kappa shape index (κ2) is 13.2. The summed E-state index contributed by atoms with van der Waals surface area (Å²) in [5.74, 6) is -1.69. The fourth-order valence-electron chi connectivity index (χ4n) is 6.91. The van der Waals surface area contributed by atoms with Crippen LogP contribution in [0.25, 0.3) is 5.70 Å². The van der Waals surface area contributed by atoms with E-state index in [2.05, 4.69) is 37.1 Å². The van der Waals surface area contributed by atoms with Gasteiger partial charge in [-0.25, -0.2) is 8.78 Å². The monoisotopic (exact) mass is 628 g/mol. The molecule has 2 saturated heterocycles. The normalized spacial score (nSPS) is 26.4. The third-order valence-corrected chi connectivity index (χ3v) is 9.66. The lowest BCUT2D eigenvalue weighted by Gasteiger charge is -2.51. The molecule has 2 atom stereocenters. The minimum Gasteiger partial charge on any atom is -0.367 e. The second-order valence-corrected chi connectivity index (χ2v) is 14.1. The van der Waals surface area contributed by atoms with Gasteiger partial charge < -0.3 is 14.7 Å². The lowest BCUT2D eigenvalue weighted by molar-refractivity contribution is -0.143. The molecule has 1 aromatic carbocycles. The summed E-state index contributed by atoms with van der Waals surface area (Å²) in [6.07, 6.45) is 6.27. The highest BCUT2D eigenvalue weighted by molar-refractivity contribution is 6.31. The van der Waals surface area contributed by atoms with Crippen LogP contribution in [0.3, 0.4) is 0 Å². The van der Waals surface area contributed by atoms with E-state index in [1.54, 1.807) is 11.0 Å². The third-order valence-electron chi connectivity index (χ3n) is 9.26. The van der Waals surface area contributed by atoms with Crippen LogP contribution in [0.5, 0.6) is 0 Å². The number of halogens is 3. The first-order chi connectivity index (χ1) is 20.5. The van der Waals surface area contributed by atoms with Gasteiger partial charge in [-0.1, -0.05) is 30.3 Å². The van der Waals surface area contributed by atoms with Gasteiger partial charge in [-0.05, 0) is 78.3 Å². The Balaban J connectivity index is 1.59. The average molecular weight is 629 g/mol. The van der Waals surface area contributed by atoms with Crippen LogP contribution < -0.4 is 4.90 Å². The molecule has 1 unspecified atom stereocenters. The molecule has 0 N–H and O–H groups in total. The molecular weight excluding hydrogens is 582 g/mol. The SMILES string of the molecule is C=C(c1cc(C)c(Cl)cc1N1CCN(C(=O)[C@@H]2CCN(C(C)(C)C)CC23/C=C/C=C(F)\C=C(\F)C3)CC1)N(C(C)=O)C(C)C. The Morgan fingerprint density at radius 3 is 2.36 bits per heavy atom. The first-order valence-electron chi connectivity index (χ1n) is 15.5. The highest BCUT2D eigenvalue weighted by atomic mass is 35.5. The largest absolute Gasteiger partial charge is 0.367 e. The zero-order chi connectivity index (χ0) is 32.6. The predicted molar refractivity (Wildman–Crippen MR) is 176 cm³/mol. The van der Waals surface area contributed by atoms with Crippen LogP contribution in [0.15, 0.2) is 54.7 Å². The van der Waals surface area contributed by atoms with Crippen molar-refractivity contribution in [3.8, 4) is 0 Å². The van der Waals surface area contributed by atoms with E-state index in [0.29, 0.717) is 49.9 Å². The van der Waals surface area contributed by atoms with Gasteiger partial charge in [0.05, 0.1) is 5.92 Å². The van der Waals surface area contributed by atoms with Crippen molar-refractivity contribution < 1.29 is 18.4 Å². The number of hydrogen-bond donors (Lipinski definition) is 0. The van der Waals surface area contributed by atoms with E-state index in [1.807, 2.05) is 43.9 Å². The molecule has 1 aliphatic carbocycles. The van der Waals surface area contributed by atoms with Gasteiger partial charge in [-0.2, -0.15) is 0 Å². The van der Waals surface area contributed by atoms with E-state index in [4.69, 9.17) is 11.6 Å². The highest BCUT2D eigenvalue weighted by Gasteiger charge is 2.49. The summed E-state index contributed by atoms with van der Waals surface area (Å²) in [6, 6.07) is 3.83. The molecule has 44 heavy (non-hydrogen) atoms. The Hall–Kier alpha value is -2.97. The Bertz CT molecular complexity index is 1390. The van der Waals surface area contributed by atoms with Crippen molar-refractivity contribution in [1.29, 1.82) is 0 Å². The van der Waals surface area contributed by atoms with E-state index in [0.717, 1.165) is 29.4 Å². The molecule has 1 aromatic rings. The molecule has 2 amide bonds. The Labute approximate surface area is 266 Å². The van der Waals surface area contributed by atoms with Crippen LogP contribution in [-0.4, -0.2) is 77.4 Å². The maximum absolute atomic E-state index is 15.1. The lowest BCUT2D eigenvalue weighted by Crippen LogP contribution is -2.59. The van der Waals surface area contributed by atoms with Crippen LogP contribution in [0.4, 0.5) is 14.5 Å². The number of nitrogens with zero attached hydrogens (tertiary/aromatic N) is 4. The number of carbonyl (C=O) groups excluding carboxylic acids is 2. The van der Waals surface area contributed by atoms with Crippen LogP contribution in [0, 0.1) is 18.3 Å². The number of amides is 2. The van der Waals surface area contributed by atoms with E-state index >= 15 is 4.39 Å². The van der Waals surface area contributed by atoms with Gasteiger partial charge in [-0.3, -0.25) is 14.5 Å². The van der Waals surface area contributed by atoms with Gasteiger partial charge in [0.15, 0.2) is 0 Å². The standard InChI is InChI=1S/C35H47ClF2N4O2/c1-23(2)42(26(5)43)25(4)29-18-24(3)31(36)20-32(29)39-14-16-40(17-15-39)33(44)30-11-13-41(34(6,7)8)22-35(30)12-9-10-27(37)19-28(38)21-35/h9-10,12,18-20,23,30H,4,11,13-17,21-22H2,1-3,5-8H3/b12-9+,27-10+,28-19+/t30-,35?/m0/s1. The number of piperidine rings is 1. The number of allylic oxidation sites excluding steroid dienone is 5.